The number of nitrogens with zero attached hydrogens (tertiary/aromatic N) is 3. The van der Waals surface area contributed by atoms with Gasteiger partial charge in [0.2, 0.25) is 15.9 Å². The maximum Gasteiger partial charge on any atom is 0.246 e. The second kappa shape index (κ2) is 10.7. The molecule has 202 valence electrons. The van der Waals surface area contributed by atoms with Crippen LogP contribution in [0.1, 0.15) is 24.8 Å². The summed E-state index contributed by atoms with van der Waals surface area (Å²) in [6.07, 6.45) is 3.00. The summed E-state index contributed by atoms with van der Waals surface area (Å²) >= 11 is 0. The van der Waals surface area contributed by atoms with Gasteiger partial charge in [0, 0.05) is 38.6 Å². The molecule has 5 rings (SSSR count). The normalized spacial score (nSPS) is 24.7. The van der Waals surface area contributed by atoms with E-state index in [2.05, 4.69) is 10.6 Å². The fraction of sp³-hybridized carbons (Fsp3) is 0.481. The van der Waals surface area contributed by atoms with E-state index in [1.54, 1.807) is 6.07 Å². The van der Waals surface area contributed by atoms with E-state index >= 15 is 4.39 Å². The number of halogens is 2. The summed E-state index contributed by atoms with van der Waals surface area (Å²) < 4.78 is 57.2. The van der Waals surface area contributed by atoms with Crippen LogP contribution in [0.3, 0.4) is 0 Å². The Bertz CT molecular complexity index is 1370. The highest BCUT2D eigenvalue weighted by Gasteiger charge is 2.43. The van der Waals surface area contributed by atoms with E-state index in [0.717, 1.165) is 25.3 Å². The monoisotopic (exact) mass is 543 g/mol. The summed E-state index contributed by atoms with van der Waals surface area (Å²) in [6, 6.07) is 9.26. The van der Waals surface area contributed by atoms with Crippen molar-refractivity contribution in [2.24, 2.45) is 5.92 Å². The van der Waals surface area contributed by atoms with Crippen LogP contribution in [0.2, 0.25) is 0 Å². The van der Waals surface area contributed by atoms with Crippen molar-refractivity contribution in [3.05, 3.63) is 53.6 Å². The Morgan fingerprint density at radius 2 is 1.82 bits per heavy atom. The molecular weight excluding hydrogens is 512 g/mol. The quantitative estimate of drug-likeness (QED) is 0.555. The van der Waals surface area contributed by atoms with E-state index in [9.17, 15) is 22.9 Å². The standard InChI is InChI=1S/C27H31F2N5O3S/c1-33-8-10-34(11-9-33)38(36,37)25-15-18(5-7-23(25)28)17-2-3-19(24(29)14-17)12-22(16-30)32-27(35)26-20-4-6-21(13-20)31-26/h2-3,5,7,14-15,20-22,26,31H,4,6,8-13H2,1H3,(H,32,35)/t20-,21+,22-,26-/m0/s1. The summed E-state index contributed by atoms with van der Waals surface area (Å²) in [4.78, 5) is 14.2. The van der Waals surface area contributed by atoms with E-state index < -0.39 is 32.6 Å². The molecule has 2 heterocycles. The molecule has 4 atom stereocenters. The van der Waals surface area contributed by atoms with Crippen LogP contribution in [-0.4, -0.2) is 74.9 Å². The van der Waals surface area contributed by atoms with Crippen molar-refractivity contribution in [1.29, 1.82) is 5.26 Å². The smallest absolute Gasteiger partial charge is 0.246 e. The van der Waals surface area contributed by atoms with Gasteiger partial charge in [-0.25, -0.2) is 17.2 Å². The number of amides is 1. The molecule has 2 bridgehead atoms. The molecule has 1 aliphatic carbocycles. The zero-order chi connectivity index (χ0) is 27.0. The van der Waals surface area contributed by atoms with Gasteiger partial charge < -0.3 is 15.5 Å². The molecule has 0 radical (unpaired) electrons. The Balaban J connectivity index is 1.30. The second-order valence-corrected chi connectivity index (χ2v) is 12.4. The number of nitrogens with one attached hydrogen (secondary N) is 2. The van der Waals surface area contributed by atoms with Crippen LogP contribution in [0.5, 0.6) is 0 Å². The topological polar surface area (TPSA) is 106 Å². The third-order valence-electron chi connectivity index (χ3n) is 7.94. The van der Waals surface area contributed by atoms with Crippen LogP contribution in [0, 0.1) is 28.9 Å². The number of sulfonamides is 1. The van der Waals surface area contributed by atoms with Gasteiger partial charge >= 0.3 is 0 Å². The fourth-order valence-electron chi connectivity index (χ4n) is 5.70. The number of fused-ring (bicyclic) bond motifs is 2. The van der Waals surface area contributed by atoms with Gasteiger partial charge in [-0.2, -0.15) is 9.57 Å². The zero-order valence-electron chi connectivity index (χ0n) is 21.2. The van der Waals surface area contributed by atoms with Gasteiger partial charge in [-0.15, -0.1) is 0 Å². The molecule has 1 saturated carbocycles. The van der Waals surface area contributed by atoms with Crippen molar-refractivity contribution in [3.63, 3.8) is 0 Å². The lowest BCUT2D eigenvalue weighted by Gasteiger charge is -2.31. The maximum absolute atomic E-state index is 15.1. The molecule has 2 aliphatic heterocycles. The van der Waals surface area contributed by atoms with Gasteiger partial charge in [0.05, 0.1) is 12.1 Å². The fourth-order valence-corrected chi connectivity index (χ4v) is 7.21. The summed E-state index contributed by atoms with van der Waals surface area (Å²) in [5.41, 5.74) is 0.982. The second-order valence-electron chi connectivity index (χ2n) is 10.5. The van der Waals surface area contributed by atoms with E-state index in [1.165, 1.54) is 28.6 Å². The van der Waals surface area contributed by atoms with Gasteiger partial charge in [0.25, 0.3) is 0 Å². The molecule has 2 aromatic carbocycles. The van der Waals surface area contributed by atoms with Crippen LogP contribution in [0.15, 0.2) is 41.3 Å². The van der Waals surface area contributed by atoms with Crippen molar-refractivity contribution in [2.45, 2.75) is 48.7 Å². The van der Waals surface area contributed by atoms with Crippen LogP contribution in [-0.2, 0) is 21.2 Å². The van der Waals surface area contributed by atoms with Gasteiger partial charge in [-0.05, 0) is 67.1 Å². The van der Waals surface area contributed by atoms with Crippen LogP contribution >= 0.6 is 0 Å². The lowest BCUT2D eigenvalue weighted by molar-refractivity contribution is -0.124. The number of piperidine rings is 1. The molecule has 3 aliphatic rings. The summed E-state index contributed by atoms with van der Waals surface area (Å²) in [5, 5.41) is 15.6. The average Bonchev–Trinajstić information content (AvgIpc) is 3.54. The molecule has 1 amide bonds. The number of carbonyl (C=O) groups excluding carboxylic acids is 1. The largest absolute Gasteiger partial charge is 0.339 e. The first-order chi connectivity index (χ1) is 18.2. The molecule has 38 heavy (non-hydrogen) atoms. The predicted molar refractivity (Wildman–Crippen MR) is 137 cm³/mol. The molecule has 8 nitrogen and oxygen atoms in total. The first-order valence-electron chi connectivity index (χ1n) is 12.9. The summed E-state index contributed by atoms with van der Waals surface area (Å²) in [6.45, 7) is 1.63. The van der Waals surface area contributed by atoms with E-state index in [4.69, 9.17) is 0 Å². The first kappa shape index (κ1) is 26.7. The number of likely N-dealkylation sites (N-methyl/N-ethyl adjacent to an activating group) is 1. The lowest BCUT2D eigenvalue weighted by atomic mass is 9.98. The Hall–Kier alpha value is -2.91. The van der Waals surface area contributed by atoms with Crippen LogP contribution < -0.4 is 10.6 Å². The van der Waals surface area contributed by atoms with Crippen LogP contribution in [0.4, 0.5) is 8.78 Å². The van der Waals surface area contributed by atoms with Gasteiger partial charge in [0.1, 0.15) is 22.6 Å². The van der Waals surface area contributed by atoms with Crippen molar-refractivity contribution in [1.82, 2.24) is 19.8 Å². The minimum absolute atomic E-state index is 0.0123. The third-order valence-corrected chi connectivity index (χ3v) is 9.85. The predicted octanol–water partition coefficient (Wildman–Crippen LogP) is 2.26. The minimum Gasteiger partial charge on any atom is -0.339 e. The average molecular weight is 544 g/mol. The first-order valence-corrected chi connectivity index (χ1v) is 14.3. The van der Waals surface area contributed by atoms with Crippen molar-refractivity contribution in [2.75, 3.05) is 33.2 Å². The number of nitriles is 1. The SMILES string of the molecule is CN1CCN(S(=O)(=O)c2cc(-c3ccc(C[C@@H](C#N)NC(=O)[C@H]4N[C@@H]5CC[C@H]4C5)c(F)c3)ccc2F)CC1. The number of piperazine rings is 1. The highest BCUT2D eigenvalue weighted by atomic mass is 32.2. The van der Waals surface area contributed by atoms with Gasteiger partial charge in [-0.1, -0.05) is 18.2 Å². The van der Waals surface area contributed by atoms with Crippen molar-refractivity contribution in [3.8, 4) is 17.2 Å². The Morgan fingerprint density at radius 1 is 1.11 bits per heavy atom. The number of hydrogen-bond donors (Lipinski definition) is 2. The van der Waals surface area contributed by atoms with Gasteiger partial charge in [0.15, 0.2) is 0 Å². The minimum atomic E-state index is -4.05. The number of hydrogen-bond acceptors (Lipinski definition) is 6. The molecule has 2 aromatic rings. The molecule has 0 aromatic heterocycles. The Morgan fingerprint density at radius 3 is 2.45 bits per heavy atom. The molecule has 0 unspecified atom stereocenters. The third kappa shape index (κ3) is 5.31. The molecule has 3 fully saturated rings. The number of rotatable bonds is 7. The van der Waals surface area contributed by atoms with Crippen LogP contribution in [0.25, 0.3) is 11.1 Å². The van der Waals surface area contributed by atoms with E-state index in [1.807, 2.05) is 18.0 Å². The highest BCUT2D eigenvalue weighted by Crippen LogP contribution is 2.35. The maximum atomic E-state index is 15.1. The summed E-state index contributed by atoms with van der Waals surface area (Å²) in [7, 11) is -2.15. The molecule has 0 spiro atoms. The molecular formula is C27H31F2N5O3S. The summed E-state index contributed by atoms with van der Waals surface area (Å²) in [5.74, 6) is -1.41. The zero-order valence-corrected chi connectivity index (χ0v) is 22.0. The lowest BCUT2D eigenvalue weighted by Crippen LogP contribution is -2.50. The molecule has 2 saturated heterocycles. The van der Waals surface area contributed by atoms with E-state index in [-0.39, 0.29) is 42.9 Å². The molecule has 2 N–H and O–H groups in total. The Labute approximate surface area is 221 Å². The Kier molecular flexibility index (Phi) is 7.51. The number of carbonyl (C=O) groups is 1. The highest BCUT2D eigenvalue weighted by molar-refractivity contribution is 7.89. The number of benzene rings is 2. The van der Waals surface area contributed by atoms with Crippen molar-refractivity contribution < 1.29 is 22.0 Å². The molecule has 11 heteroatoms. The van der Waals surface area contributed by atoms with Crippen molar-refractivity contribution >= 4 is 15.9 Å². The van der Waals surface area contributed by atoms with E-state index in [0.29, 0.717) is 30.3 Å². The van der Waals surface area contributed by atoms with Gasteiger partial charge in [-0.3, -0.25) is 4.79 Å².